The van der Waals surface area contributed by atoms with E-state index in [-0.39, 0.29) is 37.7 Å². The third-order valence-electron chi connectivity index (χ3n) is 0.804. The minimum atomic E-state index is 0. The molecule has 1 radical (unpaired) electrons. The molecule has 0 spiro atoms. The summed E-state index contributed by atoms with van der Waals surface area (Å²) in [7, 11) is 0. The maximum Gasteiger partial charge on any atom is 1.00 e. The number of thiophene rings is 2. The zero-order chi connectivity index (χ0) is 7.07. The van der Waals surface area contributed by atoms with E-state index in [9.17, 15) is 0 Å². The van der Waals surface area contributed by atoms with Crippen molar-refractivity contribution in [1.29, 1.82) is 0 Å². The van der Waals surface area contributed by atoms with Gasteiger partial charge in [0.05, 0.1) is 0 Å². The second-order valence-electron chi connectivity index (χ2n) is 1.52. The molecule has 0 bridgehead atoms. The van der Waals surface area contributed by atoms with Crippen LogP contribution in [0, 0.1) is 5.38 Å². The van der Waals surface area contributed by atoms with Crippen molar-refractivity contribution in [2.24, 2.45) is 0 Å². The minimum absolute atomic E-state index is 0. The van der Waals surface area contributed by atoms with Crippen LogP contribution in [0.15, 0.2) is 40.4 Å². The number of rotatable bonds is 0. The summed E-state index contributed by atoms with van der Waals surface area (Å²) in [5.41, 5.74) is 0. The van der Waals surface area contributed by atoms with Crippen molar-refractivity contribution in [3.8, 4) is 0 Å². The van der Waals surface area contributed by atoms with E-state index in [0.717, 1.165) is 0 Å². The summed E-state index contributed by atoms with van der Waals surface area (Å²) in [6, 6.07) is 7.89. The van der Waals surface area contributed by atoms with E-state index in [1.54, 1.807) is 22.7 Å². The van der Waals surface area contributed by atoms with Crippen molar-refractivity contribution >= 4 is 41.5 Å². The van der Waals surface area contributed by atoms with Crippen molar-refractivity contribution in [2.45, 2.75) is 0 Å². The fourth-order valence-corrected chi connectivity index (χ4v) is 1.27. The molecule has 0 N–H and O–H groups in total. The summed E-state index contributed by atoms with van der Waals surface area (Å²) in [5.74, 6) is 0. The fraction of sp³-hybridized carbons (Fsp3) is 0. The van der Waals surface area contributed by atoms with Gasteiger partial charge in [-0.15, -0.1) is 5.38 Å². The standard InChI is InChI=1S/C4H4S.C4H3S.2Li/c2*1-2-4-5-3-1;;/h1-4H;1-3H;;/q;-1;;+1. The van der Waals surface area contributed by atoms with Crippen molar-refractivity contribution in [3.05, 3.63) is 45.8 Å². The molecule has 2 aromatic rings. The third kappa shape index (κ3) is 8.69. The molecular weight excluding hydrogens is 174 g/mol. The van der Waals surface area contributed by atoms with Crippen LogP contribution in [0.2, 0.25) is 0 Å². The zero-order valence-electron chi connectivity index (χ0n) is 7.36. The van der Waals surface area contributed by atoms with Gasteiger partial charge in [0.25, 0.3) is 0 Å². The Morgan fingerprint density at radius 1 is 0.917 bits per heavy atom. The van der Waals surface area contributed by atoms with Gasteiger partial charge in [-0.25, -0.2) is 6.07 Å². The van der Waals surface area contributed by atoms with Crippen LogP contribution in [0.4, 0.5) is 0 Å². The van der Waals surface area contributed by atoms with Gasteiger partial charge in [0.15, 0.2) is 0 Å². The monoisotopic (exact) mass is 181 g/mol. The van der Waals surface area contributed by atoms with Gasteiger partial charge >= 0.3 is 18.9 Å². The van der Waals surface area contributed by atoms with Crippen molar-refractivity contribution < 1.29 is 18.9 Å². The Morgan fingerprint density at radius 2 is 1.58 bits per heavy atom. The van der Waals surface area contributed by atoms with E-state index < -0.39 is 0 Å². The Hall–Kier alpha value is 0.595. The average Bonchev–Trinajstić information content (AvgIpc) is 2.67. The molecule has 0 aromatic carbocycles. The number of hydrogen-bond donors (Lipinski definition) is 0. The van der Waals surface area contributed by atoms with Gasteiger partial charge in [-0.05, 0) is 10.8 Å². The first kappa shape index (κ1) is 15.1. The smallest absolute Gasteiger partial charge is 0.304 e. The van der Waals surface area contributed by atoms with Crippen molar-refractivity contribution in [3.63, 3.8) is 0 Å². The molecule has 53 valence electrons. The van der Waals surface area contributed by atoms with Crippen LogP contribution in [0.25, 0.3) is 0 Å². The number of hydrogen-bond acceptors (Lipinski definition) is 2. The van der Waals surface area contributed by atoms with Gasteiger partial charge in [0.2, 0.25) is 0 Å². The molecule has 0 fully saturated rings. The molecule has 0 atom stereocenters. The molecule has 0 nitrogen and oxygen atoms in total. The van der Waals surface area contributed by atoms with Gasteiger partial charge in [0, 0.05) is 18.9 Å². The first-order valence-electron chi connectivity index (χ1n) is 2.87. The molecule has 0 saturated carbocycles. The largest absolute Gasteiger partial charge is 1.00 e. The van der Waals surface area contributed by atoms with Crippen LogP contribution in [0.5, 0.6) is 0 Å². The Labute approximate surface area is 105 Å². The van der Waals surface area contributed by atoms with Gasteiger partial charge < -0.3 is 11.3 Å². The zero-order valence-corrected chi connectivity index (χ0v) is 8.99. The van der Waals surface area contributed by atoms with Crippen LogP contribution in [0.3, 0.4) is 0 Å². The topological polar surface area (TPSA) is 0 Å². The molecule has 0 aliphatic carbocycles. The quantitative estimate of drug-likeness (QED) is 0.394. The van der Waals surface area contributed by atoms with Crippen molar-refractivity contribution in [2.75, 3.05) is 0 Å². The Morgan fingerprint density at radius 3 is 1.75 bits per heavy atom. The summed E-state index contributed by atoms with van der Waals surface area (Å²) >= 11 is 3.30. The van der Waals surface area contributed by atoms with Gasteiger partial charge in [-0.2, -0.15) is 22.8 Å². The van der Waals surface area contributed by atoms with Gasteiger partial charge in [-0.1, -0.05) is 12.1 Å². The van der Waals surface area contributed by atoms with Crippen LogP contribution in [-0.2, 0) is 0 Å². The third-order valence-corrected chi connectivity index (χ3v) is 2.00. The molecule has 2 heterocycles. The van der Waals surface area contributed by atoms with E-state index in [0.29, 0.717) is 0 Å². The summed E-state index contributed by atoms with van der Waals surface area (Å²) < 4.78 is 0. The van der Waals surface area contributed by atoms with Crippen LogP contribution < -0.4 is 18.9 Å². The average molecular weight is 181 g/mol. The van der Waals surface area contributed by atoms with E-state index in [1.165, 1.54) is 0 Å². The molecule has 0 aliphatic rings. The summed E-state index contributed by atoms with van der Waals surface area (Å²) in [6.45, 7) is 0. The molecule has 4 heteroatoms. The minimum Gasteiger partial charge on any atom is -0.304 e. The van der Waals surface area contributed by atoms with Crippen LogP contribution >= 0.6 is 22.7 Å². The molecule has 0 aliphatic heterocycles. The maximum atomic E-state index is 2.90. The Bertz CT molecular complexity index is 154. The molecule has 0 unspecified atom stereocenters. The summed E-state index contributed by atoms with van der Waals surface area (Å²) in [4.78, 5) is 0. The van der Waals surface area contributed by atoms with E-state index in [4.69, 9.17) is 0 Å². The van der Waals surface area contributed by atoms with Crippen molar-refractivity contribution in [1.82, 2.24) is 0 Å². The molecule has 12 heavy (non-hydrogen) atoms. The first-order valence-corrected chi connectivity index (χ1v) is 4.69. The summed E-state index contributed by atoms with van der Waals surface area (Å²) in [6.07, 6.45) is 0. The van der Waals surface area contributed by atoms with Crippen LogP contribution in [0.1, 0.15) is 0 Å². The van der Waals surface area contributed by atoms with Gasteiger partial charge in [-0.3, -0.25) is 0 Å². The van der Waals surface area contributed by atoms with E-state index in [2.05, 4.69) is 5.38 Å². The molecule has 0 saturated heterocycles. The molecule has 0 amide bonds. The van der Waals surface area contributed by atoms with E-state index in [1.807, 2.05) is 40.4 Å². The SMILES string of the molecule is [Li+].[Li].[c-]1cccs1.c1ccsc1. The fourth-order valence-electron chi connectivity index (χ4n) is 0.423. The Balaban J connectivity index is 0. The van der Waals surface area contributed by atoms with Crippen LogP contribution in [-0.4, -0.2) is 18.9 Å². The Kier molecular flexibility index (Phi) is 14.6. The second-order valence-corrected chi connectivity index (χ2v) is 3.08. The van der Waals surface area contributed by atoms with Gasteiger partial charge in [0.1, 0.15) is 0 Å². The predicted octanol–water partition coefficient (Wildman–Crippen LogP) is -0.0804. The molecule has 2 rings (SSSR count). The normalized spacial score (nSPS) is 6.67. The first-order chi connectivity index (χ1) is 5.00. The second kappa shape index (κ2) is 11.6. The van der Waals surface area contributed by atoms with E-state index >= 15 is 0 Å². The predicted molar refractivity (Wildman–Crippen MR) is 53.2 cm³/mol. The maximum absolute atomic E-state index is 2.90. The summed E-state index contributed by atoms with van der Waals surface area (Å²) in [5, 5.41) is 8.97. The molecular formula is C8H7Li2S2. The molecule has 2 aromatic heterocycles.